The third-order valence-corrected chi connectivity index (χ3v) is 2.56. The normalized spacial score (nSPS) is 11.9. The second kappa shape index (κ2) is 5.24. The second-order valence-electron chi connectivity index (χ2n) is 4.05. The summed E-state index contributed by atoms with van der Waals surface area (Å²) in [6.45, 7) is 0. The van der Waals surface area contributed by atoms with Gasteiger partial charge in [0.15, 0.2) is 0 Å². The number of alkyl halides is 3. The highest BCUT2D eigenvalue weighted by Gasteiger charge is 2.29. The molecule has 0 aliphatic heterocycles. The lowest BCUT2D eigenvalue weighted by molar-refractivity contribution is -0.137. The van der Waals surface area contributed by atoms with Gasteiger partial charge in [0, 0.05) is 11.8 Å². The Balaban J connectivity index is 2.21. The zero-order valence-electron chi connectivity index (χ0n) is 10.1. The number of hydrogen-bond donors (Lipinski definition) is 2. The number of hydrogen-bond acceptors (Lipinski definition) is 3. The fraction of sp³-hybridized carbons (Fsp3) is 0.0714. The number of aliphatic imine (C=N–C) groups is 1. The van der Waals surface area contributed by atoms with Gasteiger partial charge in [0.05, 0.1) is 11.3 Å². The minimum absolute atomic E-state index is 0.0448. The number of aromatic hydroxyl groups is 2. The molecule has 2 aromatic carbocycles. The first-order valence-electron chi connectivity index (χ1n) is 5.59. The van der Waals surface area contributed by atoms with E-state index in [9.17, 15) is 23.4 Å². The van der Waals surface area contributed by atoms with Crippen LogP contribution in [0.1, 0.15) is 11.1 Å². The van der Waals surface area contributed by atoms with E-state index < -0.39 is 11.7 Å². The van der Waals surface area contributed by atoms with Crippen molar-refractivity contribution in [3.05, 3.63) is 53.6 Å². The molecule has 0 fully saturated rings. The Morgan fingerprint density at radius 2 is 1.60 bits per heavy atom. The van der Waals surface area contributed by atoms with Crippen molar-refractivity contribution in [3.8, 4) is 11.5 Å². The average molecular weight is 281 g/mol. The lowest BCUT2D eigenvalue weighted by atomic mass is 10.2. The Labute approximate surface area is 112 Å². The van der Waals surface area contributed by atoms with Crippen LogP contribution in [0.3, 0.4) is 0 Å². The lowest BCUT2D eigenvalue weighted by Crippen LogP contribution is -2.03. The molecule has 0 spiro atoms. The second-order valence-corrected chi connectivity index (χ2v) is 4.05. The lowest BCUT2D eigenvalue weighted by Gasteiger charge is -2.05. The van der Waals surface area contributed by atoms with Crippen LogP contribution < -0.4 is 0 Å². The molecule has 0 aliphatic rings. The van der Waals surface area contributed by atoms with Gasteiger partial charge in [0.2, 0.25) is 0 Å². The molecular formula is C14H10F3NO2. The fourth-order valence-corrected chi connectivity index (χ4v) is 1.53. The molecule has 0 unspecified atom stereocenters. The highest BCUT2D eigenvalue weighted by atomic mass is 19.4. The van der Waals surface area contributed by atoms with Gasteiger partial charge in [-0.25, -0.2) is 0 Å². The molecule has 2 aromatic rings. The summed E-state index contributed by atoms with van der Waals surface area (Å²) >= 11 is 0. The highest BCUT2D eigenvalue weighted by Crippen LogP contribution is 2.30. The quantitative estimate of drug-likeness (QED) is 0.648. The number of phenols is 2. The molecule has 6 heteroatoms. The molecule has 104 valence electrons. The summed E-state index contributed by atoms with van der Waals surface area (Å²) in [4.78, 5) is 3.94. The van der Waals surface area contributed by atoms with Gasteiger partial charge >= 0.3 is 6.18 Å². The van der Waals surface area contributed by atoms with E-state index in [1.807, 2.05) is 0 Å². The zero-order chi connectivity index (χ0) is 14.8. The molecule has 3 nitrogen and oxygen atoms in total. The van der Waals surface area contributed by atoms with E-state index in [4.69, 9.17) is 0 Å². The van der Waals surface area contributed by atoms with Crippen molar-refractivity contribution >= 4 is 11.9 Å². The van der Waals surface area contributed by atoms with Crippen molar-refractivity contribution in [2.45, 2.75) is 6.18 Å². The molecule has 0 radical (unpaired) electrons. The standard InChI is InChI=1S/C14H10F3NO2/c15-14(16,17)10-1-3-11(4-2-10)18-8-9-7-12(19)5-6-13(9)20/h1-8,19-20H. The SMILES string of the molecule is Oc1ccc(O)c(C=Nc2ccc(C(F)(F)F)cc2)c1. The van der Waals surface area contributed by atoms with E-state index in [2.05, 4.69) is 4.99 Å². The molecule has 0 amide bonds. The summed E-state index contributed by atoms with van der Waals surface area (Å²) < 4.78 is 37.1. The predicted molar refractivity (Wildman–Crippen MR) is 68.5 cm³/mol. The molecular weight excluding hydrogens is 271 g/mol. The number of benzene rings is 2. The van der Waals surface area contributed by atoms with Crippen molar-refractivity contribution in [3.63, 3.8) is 0 Å². The van der Waals surface area contributed by atoms with Crippen molar-refractivity contribution in [1.82, 2.24) is 0 Å². The Morgan fingerprint density at radius 3 is 2.20 bits per heavy atom. The van der Waals surface area contributed by atoms with Crippen LogP contribution in [0, 0.1) is 0 Å². The van der Waals surface area contributed by atoms with E-state index in [1.165, 1.54) is 36.5 Å². The Kier molecular flexibility index (Phi) is 3.65. The van der Waals surface area contributed by atoms with Crippen molar-refractivity contribution in [1.29, 1.82) is 0 Å². The van der Waals surface area contributed by atoms with Crippen molar-refractivity contribution in [2.24, 2.45) is 4.99 Å². The van der Waals surface area contributed by atoms with Gasteiger partial charge in [0.25, 0.3) is 0 Å². The van der Waals surface area contributed by atoms with Crippen LogP contribution in [0.15, 0.2) is 47.5 Å². The summed E-state index contributed by atoms with van der Waals surface area (Å²) in [6.07, 6.45) is -3.12. The predicted octanol–water partition coefficient (Wildman–Crippen LogP) is 3.87. The molecule has 0 aliphatic carbocycles. The fourth-order valence-electron chi connectivity index (χ4n) is 1.53. The molecule has 0 saturated carbocycles. The molecule has 0 heterocycles. The maximum atomic E-state index is 12.4. The summed E-state index contributed by atoms with van der Waals surface area (Å²) in [6, 6.07) is 8.19. The average Bonchev–Trinajstić information content (AvgIpc) is 2.39. The van der Waals surface area contributed by atoms with Gasteiger partial charge in [-0.2, -0.15) is 13.2 Å². The summed E-state index contributed by atoms with van der Waals surface area (Å²) in [5.41, 5.74) is -0.178. The monoisotopic (exact) mass is 281 g/mol. The topological polar surface area (TPSA) is 52.8 Å². The molecule has 2 rings (SSSR count). The summed E-state index contributed by atoms with van der Waals surface area (Å²) in [7, 11) is 0. The number of rotatable bonds is 2. The van der Waals surface area contributed by atoms with Gasteiger partial charge in [-0.15, -0.1) is 0 Å². The Hall–Kier alpha value is -2.50. The summed E-state index contributed by atoms with van der Waals surface area (Å²) in [5, 5.41) is 18.8. The third kappa shape index (κ3) is 3.28. The number of nitrogens with zero attached hydrogens (tertiary/aromatic N) is 1. The van der Waals surface area contributed by atoms with Crippen LogP contribution in [0.5, 0.6) is 11.5 Å². The molecule has 2 N–H and O–H groups in total. The number of phenolic OH excluding ortho intramolecular Hbond substituents is 2. The van der Waals surface area contributed by atoms with Gasteiger partial charge in [-0.3, -0.25) is 4.99 Å². The largest absolute Gasteiger partial charge is 0.508 e. The third-order valence-electron chi connectivity index (χ3n) is 2.56. The maximum absolute atomic E-state index is 12.4. The van der Waals surface area contributed by atoms with E-state index >= 15 is 0 Å². The Bertz CT molecular complexity index is 634. The first-order chi connectivity index (χ1) is 9.36. The molecule has 0 saturated heterocycles. The molecule has 0 bridgehead atoms. The van der Waals surface area contributed by atoms with Gasteiger partial charge < -0.3 is 10.2 Å². The summed E-state index contributed by atoms with van der Waals surface area (Å²) in [5.74, 6) is -0.130. The van der Waals surface area contributed by atoms with Gasteiger partial charge in [-0.1, -0.05) is 0 Å². The van der Waals surface area contributed by atoms with Crippen LogP contribution in [0.4, 0.5) is 18.9 Å². The zero-order valence-corrected chi connectivity index (χ0v) is 10.1. The van der Waals surface area contributed by atoms with Crippen molar-refractivity contribution in [2.75, 3.05) is 0 Å². The minimum atomic E-state index is -4.38. The Morgan fingerprint density at radius 1 is 0.950 bits per heavy atom. The highest BCUT2D eigenvalue weighted by molar-refractivity contribution is 5.85. The van der Waals surface area contributed by atoms with E-state index in [-0.39, 0.29) is 17.1 Å². The molecule has 0 aromatic heterocycles. The van der Waals surface area contributed by atoms with Crippen molar-refractivity contribution < 1.29 is 23.4 Å². The number of halogens is 3. The van der Waals surface area contributed by atoms with E-state index in [1.54, 1.807) is 0 Å². The van der Waals surface area contributed by atoms with Crippen LogP contribution in [-0.2, 0) is 6.18 Å². The van der Waals surface area contributed by atoms with Crippen LogP contribution in [-0.4, -0.2) is 16.4 Å². The van der Waals surface area contributed by atoms with E-state index in [0.717, 1.165) is 12.1 Å². The van der Waals surface area contributed by atoms with Crippen LogP contribution in [0.25, 0.3) is 0 Å². The van der Waals surface area contributed by atoms with Crippen LogP contribution >= 0.6 is 0 Å². The first kappa shape index (κ1) is 13.9. The molecule has 20 heavy (non-hydrogen) atoms. The smallest absolute Gasteiger partial charge is 0.416 e. The maximum Gasteiger partial charge on any atom is 0.416 e. The molecule has 0 atom stereocenters. The van der Waals surface area contributed by atoms with Gasteiger partial charge in [-0.05, 0) is 42.5 Å². The minimum Gasteiger partial charge on any atom is -0.508 e. The van der Waals surface area contributed by atoms with Crippen LogP contribution in [0.2, 0.25) is 0 Å². The van der Waals surface area contributed by atoms with E-state index in [0.29, 0.717) is 5.69 Å². The first-order valence-corrected chi connectivity index (χ1v) is 5.59. The van der Waals surface area contributed by atoms with Gasteiger partial charge in [0.1, 0.15) is 11.5 Å².